The first kappa shape index (κ1) is 18.1. The quantitative estimate of drug-likeness (QED) is 0.874. The molecule has 1 unspecified atom stereocenters. The molecule has 3 saturated heterocycles. The van der Waals surface area contributed by atoms with Crippen molar-refractivity contribution in [2.75, 3.05) is 19.6 Å². The van der Waals surface area contributed by atoms with Gasteiger partial charge in [-0.1, -0.05) is 12.1 Å². The number of aromatic nitrogens is 1. The van der Waals surface area contributed by atoms with Crippen LogP contribution in [-0.2, 0) is 5.60 Å². The van der Waals surface area contributed by atoms with Gasteiger partial charge in [0.05, 0.1) is 5.60 Å². The summed E-state index contributed by atoms with van der Waals surface area (Å²) in [4.78, 5) is 19.3. The topological polar surface area (TPSA) is 65.5 Å². The molecule has 2 bridgehead atoms. The largest absolute Gasteiger partial charge is 0.386 e. The van der Waals surface area contributed by atoms with E-state index >= 15 is 0 Å². The van der Waals surface area contributed by atoms with Crippen LogP contribution in [0, 0.1) is 5.92 Å². The Morgan fingerprint density at radius 1 is 1.15 bits per heavy atom. The Kier molecular flexibility index (Phi) is 4.74. The van der Waals surface area contributed by atoms with Gasteiger partial charge < -0.3 is 15.3 Å². The van der Waals surface area contributed by atoms with Gasteiger partial charge in [0, 0.05) is 41.7 Å². The van der Waals surface area contributed by atoms with E-state index in [9.17, 15) is 9.90 Å². The molecule has 3 aliphatic heterocycles. The monoisotopic (exact) mass is 365 g/mol. The van der Waals surface area contributed by atoms with Crippen molar-refractivity contribution in [2.24, 2.45) is 5.92 Å². The summed E-state index contributed by atoms with van der Waals surface area (Å²) in [6.07, 6.45) is 5.83. The fraction of sp³-hybridized carbons (Fsp3) is 0.455. The number of carbonyl (C=O) groups excluding carboxylic acids is 1. The molecular formula is C22H27N3O2. The van der Waals surface area contributed by atoms with E-state index in [1.54, 1.807) is 26.2 Å². The average molecular weight is 365 g/mol. The molecule has 5 nitrogen and oxygen atoms in total. The van der Waals surface area contributed by atoms with E-state index in [1.165, 1.54) is 25.9 Å². The molecule has 3 aliphatic rings. The van der Waals surface area contributed by atoms with Gasteiger partial charge in [-0.25, -0.2) is 0 Å². The first-order valence-corrected chi connectivity index (χ1v) is 9.72. The van der Waals surface area contributed by atoms with E-state index in [4.69, 9.17) is 0 Å². The standard InChI is InChI=1S/C22H27N3O2/c1-22(2,27)19-11-18(12-23-13-19)15-3-5-17(6-4-15)21(26)24-20-14-25-9-7-16(20)8-10-25/h3-6,11-13,16,20,27H,7-10,14H2,1-2H3,(H,24,26). The SMILES string of the molecule is CC(C)(O)c1cncc(-c2ccc(C(=O)NC3CN4CCC3CC4)cc2)c1. The fourth-order valence-electron chi connectivity index (χ4n) is 4.13. The van der Waals surface area contributed by atoms with Crippen LogP contribution in [0.2, 0.25) is 0 Å². The van der Waals surface area contributed by atoms with E-state index < -0.39 is 5.60 Å². The van der Waals surface area contributed by atoms with Gasteiger partial charge in [0.15, 0.2) is 0 Å². The first-order valence-electron chi connectivity index (χ1n) is 9.72. The van der Waals surface area contributed by atoms with Crippen LogP contribution in [0.15, 0.2) is 42.7 Å². The number of hydrogen-bond donors (Lipinski definition) is 2. The Hall–Kier alpha value is -2.24. The maximum absolute atomic E-state index is 12.6. The van der Waals surface area contributed by atoms with Gasteiger partial charge >= 0.3 is 0 Å². The van der Waals surface area contributed by atoms with Crippen molar-refractivity contribution in [3.8, 4) is 11.1 Å². The van der Waals surface area contributed by atoms with Crippen LogP contribution in [-0.4, -0.2) is 46.6 Å². The third-order valence-electron chi connectivity index (χ3n) is 5.90. The second kappa shape index (κ2) is 7.06. The lowest BCUT2D eigenvalue weighted by atomic mass is 9.84. The first-order chi connectivity index (χ1) is 12.9. The summed E-state index contributed by atoms with van der Waals surface area (Å²) in [5.41, 5.74) is 2.43. The number of aliphatic hydroxyl groups is 1. The van der Waals surface area contributed by atoms with Crippen molar-refractivity contribution < 1.29 is 9.90 Å². The second-order valence-corrected chi connectivity index (χ2v) is 8.32. The molecule has 1 atom stereocenters. The number of rotatable bonds is 4. The molecule has 1 aromatic heterocycles. The molecule has 2 aromatic rings. The zero-order chi connectivity index (χ0) is 19.0. The Bertz CT molecular complexity index is 818. The number of nitrogens with zero attached hydrogens (tertiary/aromatic N) is 2. The van der Waals surface area contributed by atoms with Crippen molar-refractivity contribution in [1.82, 2.24) is 15.2 Å². The van der Waals surface area contributed by atoms with Gasteiger partial charge in [-0.2, -0.15) is 0 Å². The van der Waals surface area contributed by atoms with Crippen LogP contribution >= 0.6 is 0 Å². The maximum Gasteiger partial charge on any atom is 0.251 e. The molecule has 0 saturated carbocycles. The lowest BCUT2D eigenvalue weighted by molar-refractivity contribution is 0.0620. The fourth-order valence-corrected chi connectivity index (χ4v) is 4.13. The Labute approximate surface area is 160 Å². The summed E-state index contributed by atoms with van der Waals surface area (Å²) in [7, 11) is 0. The average Bonchev–Trinajstić information content (AvgIpc) is 2.68. The number of benzene rings is 1. The highest BCUT2D eigenvalue weighted by Gasteiger charge is 2.34. The van der Waals surface area contributed by atoms with Gasteiger partial charge in [-0.05, 0) is 69.5 Å². The highest BCUT2D eigenvalue weighted by Crippen LogP contribution is 2.28. The second-order valence-electron chi connectivity index (χ2n) is 8.32. The van der Waals surface area contributed by atoms with Crippen LogP contribution in [0.4, 0.5) is 0 Å². The summed E-state index contributed by atoms with van der Waals surface area (Å²) < 4.78 is 0. The highest BCUT2D eigenvalue weighted by atomic mass is 16.3. The summed E-state index contributed by atoms with van der Waals surface area (Å²) in [6.45, 7) is 6.81. The van der Waals surface area contributed by atoms with Crippen LogP contribution in [0.3, 0.4) is 0 Å². The number of pyridine rings is 1. The van der Waals surface area contributed by atoms with Crippen molar-refractivity contribution in [3.63, 3.8) is 0 Å². The number of piperidine rings is 3. The summed E-state index contributed by atoms with van der Waals surface area (Å²) in [5.74, 6) is 0.623. The van der Waals surface area contributed by atoms with Crippen LogP contribution in [0.1, 0.15) is 42.6 Å². The molecule has 0 aliphatic carbocycles. The molecule has 2 N–H and O–H groups in total. The minimum Gasteiger partial charge on any atom is -0.386 e. The molecule has 4 heterocycles. The minimum absolute atomic E-state index is 0.00340. The summed E-state index contributed by atoms with van der Waals surface area (Å²) >= 11 is 0. The van der Waals surface area contributed by atoms with Crippen molar-refractivity contribution in [3.05, 3.63) is 53.9 Å². The smallest absolute Gasteiger partial charge is 0.251 e. The number of nitrogens with one attached hydrogen (secondary N) is 1. The van der Waals surface area contributed by atoms with Gasteiger partial charge in [-0.3, -0.25) is 9.78 Å². The van der Waals surface area contributed by atoms with Crippen molar-refractivity contribution in [1.29, 1.82) is 0 Å². The Morgan fingerprint density at radius 3 is 2.44 bits per heavy atom. The minimum atomic E-state index is -0.932. The molecule has 27 heavy (non-hydrogen) atoms. The number of fused-ring (bicyclic) bond motifs is 3. The van der Waals surface area contributed by atoms with Crippen molar-refractivity contribution in [2.45, 2.75) is 38.3 Å². The van der Waals surface area contributed by atoms with Crippen LogP contribution < -0.4 is 5.32 Å². The van der Waals surface area contributed by atoms with Crippen molar-refractivity contribution >= 4 is 5.91 Å². The molecule has 5 rings (SSSR count). The molecule has 1 amide bonds. The molecular weight excluding hydrogens is 338 g/mol. The van der Waals surface area contributed by atoms with Crippen LogP contribution in [0.5, 0.6) is 0 Å². The molecule has 142 valence electrons. The number of amides is 1. The van der Waals surface area contributed by atoms with E-state index in [0.717, 1.165) is 23.2 Å². The summed E-state index contributed by atoms with van der Waals surface area (Å²) in [6, 6.07) is 9.82. The molecule has 0 spiro atoms. The van der Waals surface area contributed by atoms with Gasteiger partial charge in [0.2, 0.25) is 0 Å². The highest BCUT2D eigenvalue weighted by molar-refractivity contribution is 5.95. The van der Waals surface area contributed by atoms with Gasteiger partial charge in [0.1, 0.15) is 0 Å². The molecule has 1 aromatic carbocycles. The normalized spacial score (nSPS) is 24.6. The van der Waals surface area contributed by atoms with Gasteiger partial charge in [-0.15, -0.1) is 0 Å². The van der Waals surface area contributed by atoms with Crippen LogP contribution in [0.25, 0.3) is 11.1 Å². The Balaban J connectivity index is 1.47. The van der Waals surface area contributed by atoms with E-state index in [1.807, 2.05) is 30.3 Å². The Morgan fingerprint density at radius 2 is 1.85 bits per heavy atom. The number of carbonyl (C=O) groups is 1. The third-order valence-corrected chi connectivity index (χ3v) is 5.90. The van der Waals surface area contributed by atoms with E-state index in [-0.39, 0.29) is 11.9 Å². The zero-order valence-corrected chi connectivity index (χ0v) is 16.0. The van der Waals surface area contributed by atoms with E-state index in [2.05, 4.69) is 15.2 Å². The number of hydrogen-bond acceptors (Lipinski definition) is 4. The molecule has 0 radical (unpaired) electrons. The maximum atomic E-state index is 12.6. The molecule has 3 fully saturated rings. The zero-order valence-electron chi connectivity index (χ0n) is 16.0. The van der Waals surface area contributed by atoms with E-state index in [0.29, 0.717) is 11.5 Å². The molecule has 5 heteroatoms. The predicted octanol–water partition coefficient (Wildman–Crippen LogP) is 2.80. The van der Waals surface area contributed by atoms with Gasteiger partial charge in [0.25, 0.3) is 5.91 Å². The lowest BCUT2D eigenvalue weighted by Gasteiger charge is -2.44. The lowest BCUT2D eigenvalue weighted by Crippen LogP contribution is -2.57. The third kappa shape index (κ3) is 3.89. The predicted molar refractivity (Wildman–Crippen MR) is 105 cm³/mol. The summed E-state index contributed by atoms with van der Waals surface area (Å²) in [5, 5.41) is 13.4.